The molecule has 5 rings (SSSR count). The molecule has 0 amide bonds. The second-order valence-corrected chi connectivity index (χ2v) is 9.99. The largest absolute Gasteiger partial charge is 0.493 e. The summed E-state index contributed by atoms with van der Waals surface area (Å²) in [5.41, 5.74) is 6.30. The van der Waals surface area contributed by atoms with Crippen LogP contribution in [0.2, 0.25) is 0 Å². The average molecular weight is 404 g/mol. The Hall–Kier alpha value is -1.80. The molecule has 5 aliphatic rings. The molecule has 0 aromatic rings. The Balaban J connectivity index is 1.38. The minimum absolute atomic E-state index is 0.323. The molecule has 0 saturated carbocycles. The number of rotatable bonds is 4. The van der Waals surface area contributed by atoms with Crippen LogP contribution >= 0.6 is 0 Å². The number of allylic oxidation sites excluding steroid dienone is 8. The Kier molecular flexibility index (Phi) is 5.87. The maximum Gasteiger partial charge on any atom is 0.118 e. The number of hydrogen-bond acceptors (Lipinski definition) is 2. The van der Waals surface area contributed by atoms with Crippen molar-refractivity contribution in [1.82, 2.24) is 5.32 Å². The van der Waals surface area contributed by atoms with E-state index in [1.165, 1.54) is 43.4 Å². The van der Waals surface area contributed by atoms with Gasteiger partial charge in [-0.2, -0.15) is 0 Å². The molecule has 4 unspecified atom stereocenters. The van der Waals surface area contributed by atoms with Crippen molar-refractivity contribution < 1.29 is 4.74 Å². The quantitative estimate of drug-likeness (QED) is 0.528. The van der Waals surface area contributed by atoms with E-state index in [2.05, 4.69) is 61.7 Å². The molecule has 0 aromatic carbocycles. The van der Waals surface area contributed by atoms with Crippen molar-refractivity contribution in [3.05, 3.63) is 70.6 Å². The predicted molar refractivity (Wildman–Crippen MR) is 125 cm³/mol. The molecule has 0 radical (unpaired) electrons. The fourth-order valence-electron chi connectivity index (χ4n) is 6.13. The van der Waals surface area contributed by atoms with Gasteiger partial charge in [0.25, 0.3) is 0 Å². The molecule has 0 fully saturated rings. The Labute approximate surface area is 182 Å². The fourth-order valence-corrected chi connectivity index (χ4v) is 6.13. The van der Waals surface area contributed by atoms with Gasteiger partial charge < -0.3 is 10.1 Å². The molecule has 0 spiro atoms. The Morgan fingerprint density at radius 2 is 1.87 bits per heavy atom. The molecule has 0 saturated heterocycles. The summed E-state index contributed by atoms with van der Waals surface area (Å²) in [7, 11) is 0. The van der Waals surface area contributed by atoms with Gasteiger partial charge in [-0.25, -0.2) is 0 Å². The predicted octanol–water partition coefficient (Wildman–Crippen LogP) is 6.70. The molecule has 2 aliphatic heterocycles. The van der Waals surface area contributed by atoms with Gasteiger partial charge in [-0.05, 0) is 67.6 Å². The van der Waals surface area contributed by atoms with Gasteiger partial charge in [0, 0.05) is 30.8 Å². The van der Waals surface area contributed by atoms with Crippen molar-refractivity contribution in [3.63, 3.8) is 0 Å². The second-order valence-electron chi connectivity index (χ2n) is 9.99. The van der Waals surface area contributed by atoms with Crippen molar-refractivity contribution in [3.8, 4) is 0 Å². The van der Waals surface area contributed by atoms with Crippen molar-refractivity contribution in [2.24, 2.45) is 11.8 Å². The Bertz CT molecular complexity index is 832. The zero-order valence-electron chi connectivity index (χ0n) is 18.7. The molecule has 2 heterocycles. The lowest BCUT2D eigenvalue weighted by Gasteiger charge is -2.42. The van der Waals surface area contributed by atoms with Gasteiger partial charge in [0.15, 0.2) is 0 Å². The maximum atomic E-state index is 6.52. The van der Waals surface area contributed by atoms with E-state index in [1.807, 2.05) is 0 Å². The third-order valence-electron chi connectivity index (χ3n) is 7.73. The Morgan fingerprint density at radius 3 is 2.67 bits per heavy atom. The topological polar surface area (TPSA) is 21.3 Å². The van der Waals surface area contributed by atoms with Crippen molar-refractivity contribution in [2.75, 3.05) is 0 Å². The van der Waals surface area contributed by atoms with E-state index in [-0.39, 0.29) is 0 Å². The molecule has 0 aromatic heterocycles. The first-order valence-corrected chi connectivity index (χ1v) is 12.3. The first-order chi connectivity index (χ1) is 14.7. The van der Waals surface area contributed by atoms with E-state index in [4.69, 9.17) is 4.74 Å². The molecule has 0 bridgehead atoms. The van der Waals surface area contributed by atoms with Crippen LogP contribution in [-0.4, -0.2) is 18.2 Å². The smallest absolute Gasteiger partial charge is 0.118 e. The van der Waals surface area contributed by atoms with E-state index in [1.54, 1.807) is 16.7 Å². The van der Waals surface area contributed by atoms with Crippen LogP contribution in [0.3, 0.4) is 0 Å². The van der Waals surface area contributed by atoms with E-state index in [0.717, 1.165) is 25.7 Å². The van der Waals surface area contributed by atoms with Gasteiger partial charge >= 0.3 is 0 Å². The van der Waals surface area contributed by atoms with Gasteiger partial charge in [0.2, 0.25) is 0 Å². The summed E-state index contributed by atoms with van der Waals surface area (Å²) < 4.78 is 6.52. The highest BCUT2D eigenvalue weighted by Crippen LogP contribution is 2.41. The first kappa shape index (κ1) is 20.1. The molecular weight excluding hydrogens is 366 g/mol. The van der Waals surface area contributed by atoms with E-state index in [9.17, 15) is 0 Å². The second kappa shape index (κ2) is 8.75. The third-order valence-corrected chi connectivity index (χ3v) is 7.73. The number of nitrogens with one attached hydrogen (secondary N) is 1. The van der Waals surface area contributed by atoms with Gasteiger partial charge in [0.1, 0.15) is 6.10 Å². The fraction of sp³-hybridized carbons (Fsp3) is 0.571. The zero-order chi connectivity index (χ0) is 20.5. The summed E-state index contributed by atoms with van der Waals surface area (Å²) in [5.74, 6) is 2.43. The molecule has 160 valence electrons. The molecule has 3 aliphatic carbocycles. The lowest BCUT2D eigenvalue weighted by molar-refractivity contribution is 0.0900. The monoisotopic (exact) mass is 403 g/mol. The summed E-state index contributed by atoms with van der Waals surface area (Å²) in [6, 6.07) is 0.837. The summed E-state index contributed by atoms with van der Waals surface area (Å²) in [4.78, 5) is 0. The molecule has 30 heavy (non-hydrogen) atoms. The molecule has 4 atom stereocenters. The molecular formula is C28H37NO. The average Bonchev–Trinajstić information content (AvgIpc) is 3.23. The van der Waals surface area contributed by atoms with Crippen LogP contribution < -0.4 is 5.32 Å². The lowest BCUT2D eigenvalue weighted by Crippen LogP contribution is -2.52. The van der Waals surface area contributed by atoms with Gasteiger partial charge in [-0.3, -0.25) is 0 Å². The number of ether oxygens (including phenoxy) is 1. The highest BCUT2D eigenvalue weighted by atomic mass is 16.5. The van der Waals surface area contributed by atoms with Crippen LogP contribution in [0.5, 0.6) is 0 Å². The summed E-state index contributed by atoms with van der Waals surface area (Å²) in [6.45, 7) is 4.72. The van der Waals surface area contributed by atoms with Gasteiger partial charge in [0.05, 0.1) is 5.76 Å². The van der Waals surface area contributed by atoms with Gasteiger partial charge in [-0.1, -0.05) is 62.0 Å². The SMILES string of the molecule is CC(C)C1=CCC(C2CC3=C(CCCC3)O2)NC1C1CC=CC=C1C1=CC=CCC1. The van der Waals surface area contributed by atoms with Crippen LogP contribution in [0.15, 0.2) is 70.6 Å². The van der Waals surface area contributed by atoms with Crippen LogP contribution in [0.1, 0.15) is 71.6 Å². The van der Waals surface area contributed by atoms with Crippen LogP contribution in [-0.2, 0) is 4.74 Å². The molecule has 1 N–H and O–H groups in total. The van der Waals surface area contributed by atoms with E-state index < -0.39 is 0 Å². The molecule has 2 heteroatoms. The normalized spacial score (nSPS) is 33.8. The van der Waals surface area contributed by atoms with E-state index >= 15 is 0 Å². The van der Waals surface area contributed by atoms with Crippen LogP contribution in [0.25, 0.3) is 0 Å². The summed E-state index contributed by atoms with van der Waals surface area (Å²) >= 11 is 0. The van der Waals surface area contributed by atoms with Crippen LogP contribution in [0, 0.1) is 11.8 Å². The minimum atomic E-state index is 0.323. The van der Waals surface area contributed by atoms with E-state index in [0.29, 0.717) is 30.0 Å². The first-order valence-electron chi connectivity index (χ1n) is 12.3. The Morgan fingerprint density at radius 1 is 1.00 bits per heavy atom. The zero-order valence-corrected chi connectivity index (χ0v) is 18.7. The highest BCUT2D eigenvalue weighted by Gasteiger charge is 2.39. The molecule has 2 nitrogen and oxygen atoms in total. The number of hydrogen-bond donors (Lipinski definition) is 1. The van der Waals surface area contributed by atoms with Crippen LogP contribution in [0.4, 0.5) is 0 Å². The summed E-state index contributed by atoms with van der Waals surface area (Å²) in [5, 5.41) is 4.14. The third kappa shape index (κ3) is 3.91. The standard InChI is InChI=1S/C28H37NO/c1-19(2)22-16-17-25(27-18-21-12-6-9-15-26(21)30-27)29-28(22)24-14-8-7-13-23(24)20-10-4-3-5-11-20/h3-4,7-8,10,13,16,19,24-25,27-29H,5-6,9,11-12,14-15,17-18H2,1-2H3. The highest BCUT2D eigenvalue weighted by molar-refractivity contribution is 5.44. The van der Waals surface area contributed by atoms with Crippen molar-refractivity contribution in [2.45, 2.75) is 89.8 Å². The maximum absolute atomic E-state index is 6.52. The van der Waals surface area contributed by atoms with Crippen molar-refractivity contribution >= 4 is 0 Å². The lowest BCUT2D eigenvalue weighted by atomic mass is 9.73. The summed E-state index contributed by atoms with van der Waals surface area (Å²) in [6.07, 6.45) is 27.6. The minimum Gasteiger partial charge on any atom is -0.493 e. The van der Waals surface area contributed by atoms with Crippen molar-refractivity contribution in [1.29, 1.82) is 0 Å². The van der Waals surface area contributed by atoms with Gasteiger partial charge in [-0.15, -0.1) is 0 Å².